The first kappa shape index (κ1) is 10.8. The lowest BCUT2D eigenvalue weighted by atomic mass is 10.4. The number of tetrazole rings is 1. The summed E-state index contributed by atoms with van der Waals surface area (Å²) in [5.41, 5.74) is 0. The van der Waals surface area contributed by atoms with Crippen LogP contribution in [0.5, 0.6) is 0 Å². The molecule has 0 saturated heterocycles. The summed E-state index contributed by atoms with van der Waals surface area (Å²) in [6.07, 6.45) is 5.87. The Morgan fingerprint density at radius 1 is 1.50 bits per heavy atom. The molecule has 1 rings (SSSR count). The van der Waals surface area contributed by atoms with Crippen molar-refractivity contribution in [2.75, 3.05) is 6.61 Å². The van der Waals surface area contributed by atoms with Gasteiger partial charge in [0.1, 0.15) is 0 Å². The minimum absolute atomic E-state index is 0.380. The van der Waals surface area contributed by atoms with Crippen LogP contribution in [0.2, 0.25) is 0 Å². The molecular formula is C9H16N4O. The van der Waals surface area contributed by atoms with Gasteiger partial charge in [0, 0.05) is 6.61 Å². The predicted octanol–water partition coefficient (Wildman–Crippen LogP) is 1.48. The van der Waals surface area contributed by atoms with Gasteiger partial charge in [-0.2, -0.15) is 0 Å². The van der Waals surface area contributed by atoms with Gasteiger partial charge in [0.2, 0.25) is 0 Å². The second kappa shape index (κ2) is 6.26. The number of aromatic nitrogens is 4. The molecule has 0 bridgehead atoms. The fourth-order valence-corrected chi connectivity index (χ4v) is 0.919. The van der Waals surface area contributed by atoms with Gasteiger partial charge in [0.05, 0.1) is 0 Å². The van der Waals surface area contributed by atoms with Crippen LogP contribution in [0.1, 0.15) is 32.5 Å². The maximum absolute atomic E-state index is 5.33. The largest absolute Gasteiger partial charge is 0.357 e. The molecule has 0 aromatic carbocycles. The molecule has 14 heavy (non-hydrogen) atoms. The van der Waals surface area contributed by atoms with Crippen LogP contribution in [0.15, 0.2) is 6.08 Å². The average molecular weight is 196 g/mol. The van der Waals surface area contributed by atoms with Gasteiger partial charge in [-0.05, 0) is 24.6 Å². The van der Waals surface area contributed by atoms with Gasteiger partial charge < -0.3 is 4.74 Å². The second-order valence-electron chi connectivity index (χ2n) is 2.91. The molecule has 0 atom stereocenters. The van der Waals surface area contributed by atoms with Crippen molar-refractivity contribution in [2.45, 2.75) is 33.4 Å². The molecule has 1 heterocycles. The van der Waals surface area contributed by atoms with Gasteiger partial charge in [0.25, 0.3) is 0 Å². The molecule has 1 aromatic rings. The van der Waals surface area contributed by atoms with Gasteiger partial charge in [-0.25, -0.2) is 0 Å². The molecule has 0 amide bonds. The summed E-state index contributed by atoms with van der Waals surface area (Å²) < 4.78 is 5.33. The van der Waals surface area contributed by atoms with E-state index in [0.717, 1.165) is 19.4 Å². The fraction of sp³-hybridized carbons (Fsp3) is 0.667. The molecule has 0 N–H and O–H groups in total. The molecule has 1 aromatic heterocycles. The molecule has 0 radical (unpaired) electrons. The highest BCUT2D eigenvalue weighted by Gasteiger charge is 1.97. The maximum Gasteiger partial charge on any atom is 0.197 e. The molecule has 78 valence electrons. The summed E-state index contributed by atoms with van der Waals surface area (Å²) in [5.74, 6) is 0.617. The van der Waals surface area contributed by atoms with E-state index < -0.39 is 0 Å². The topological polar surface area (TPSA) is 52.8 Å². The van der Waals surface area contributed by atoms with Crippen LogP contribution >= 0.6 is 0 Å². The summed E-state index contributed by atoms with van der Waals surface area (Å²) >= 11 is 0. The number of hydrogen-bond donors (Lipinski definition) is 0. The predicted molar refractivity (Wildman–Crippen MR) is 53.4 cm³/mol. The summed E-state index contributed by atoms with van der Waals surface area (Å²) in [6.45, 7) is 5.17. The zero-order valence-corrected chi connectivity index (χ0v) is 8.68. The van der Waals surface area contributed by atoms with Crippen molar-refractivity contribution in [3.8, 4) is 0 Å². The lowest BCUT2D eigenvalue weighted by molar-refractivity contribution is 0.0563. The molecule has 0 aliphatic heterocycles. The third-order valence-electron chi connectivity index (χ3n) is 1.63. The highest BCUT2D eigenvalue weighted by molar-refractivity contribution is 5.36. The number of ether oxygens (including phenoxy) is 1. The summed E-state index contributed by atoms with van der Waals surface area (Å²) in [5, 5.41) is 11.7. The van der Waals surface area contributed by atoms with Crippen molar-refractivity contribution >= 4 is 6.08 Å². The first-order chi connectivity index (χ1) is 6.86. The van der Waals surface area contributed by atoms with Crippen molar-refractivity contribution in [1.29, 1.82) is 0 Å². The molecule has 0 aliphatic rings. The van der Waals surface area contributed by atoms with Crippen LogP contribution in [0.4, 0.5) is 0 Å². The van der Waals surface area contributed by atoms with E-state index in [-0.39, 0.29) is 0 Å². The Morgan fingerprint density at radius 3 is 3.07 bits per heavy atom. The Labute approximate surface area is 83.8 Å². The maximum atomic E-state index is 5.33. The van der Waals surface area contributed by atoms with E-state index in [1.165, 1.54) is 4.80 Å². The van der Waals surface area contributed by atoms with Crippen LogP contribution in [0.25, 0.3) is 6.08 Å². The number of unbranched alkanes of at least 4 members (excludes halogenated alkanes) is 1. The van der Waals surface area contributed by atoms with Crippen LogP contribution in [-0.2, 0) is 11.5 Å². The normalized spacial score (nSPS) is 11.3. The van der Waals surface area contributed by atoms with Gasteiger partial charge in [0.15, 0.2) is 12.6 Å². The number of nitrogens with zero attached hydrogens (tertiary/aromatic N) is 4. The third-order valence-corrected chi connectivity index (χ3v) is 1.63. The highest BCUT2D eigenvalue weighted by atomic mass is 16.5. The first-order valence-corrected chi connectivity index (χ1v) is 4.85. The summed E-state index contributed by atoms with van der Waals surface area (Å²) in [7, 11) is 0. The van der Waals surface area contributed by atoms with E-state index in [1.54, 1.807) is 6.08 Å². The van der Waals surface area contributed by atoms with E-state index in [0.29, 0.717) is 12.6 Å². The molecular weight excluding hydrogens is 180 g/mol. The van der Waals surface area contributed by atoms with Gasteiger partial charge in [-0.1, -0.05) is 19.4 Å². The molecule has 0 spiro atoms. The van der Waals surface area contributed by atoms with E-state index in [2.05, 4.69) is 22.3 Å². The number of hydrogen-bond acceptors (Lipinski definition) is 4. The minimum atomic E-state index is 0.380. The highest BCUT2D eigenvalue weighted by Crippen LogP contribution is 1.92. The second-order valence-corrected chi connectivity index (χ2v) is 2.91. The van der Waals surface area contributed by atoms with Crippen LogP contribution in [0, 0.1) is 0 Å². The van der Waals surface area contributed by atoms with Crippen LogP contribution < -0.4 is 0 Å². The van der Waals surface area contributed by atoms with E-state index in [9.17, 15) is 0 Å². The van der Waals surface area contributed by atoms with Gasteiger partial charge in [-0.15, -0.1) is 15.0 Å². The Hall–Kier alpha value is -1.23. The Bertz CT molecular complexity index is 282. The lowest BCUT2D eigenvalue weighted by Crippen LogP contribution is -2.07. The van der Waals surface area contributed by atoms with E-state index in [4.69, 9.17) is 4.74 Å². The summed E-state index contributed by atoms with van der Waals surface area (Å²) in [4.78, 5) is 1.45. The molecule has 5 heteroatoms. The van der Waals surface area contributed by atoms with Gasteiger partial charge in [-0.3, -0.25) is 0 Å². The van der Waals surface area contributed by atoms with Crippen LogP contribution in [-0.4, -0.2) is 26.8 Å². The lowest BCUT2D eigenvalue weighted by Gasteiger charge is -1.99. The number of rotatable bonds is 6. The van der Waals surface area contributed by atoms with Crippen molar-refractivity contribution in [3.63, 3.8) is 0 Å². The average Bonchev–Trinajstić information content (AvgIpc) is 2.61. The molecule has 0 aliphatic carbocycles. The third kappa shape index (κ3) is 3.66. The number of allylic oxidation sites excluding steroid dienone is 1. The Kier molecular flexibility index (Phi) is 4.85. The van der Waals surface area contributed by atoms with Crippen molar-refractivity contribution in [1.82, 2.24) is 20.2 Å². The van der Waals surface area contributed by atoms with Gasteiger partial charge >= 0.3 is 0 Å². The SMILES string of the molecule is C/C=C\c1nnn(COCCCC)n1. The molecule has 5 nitrogen and oxygen atoms in total. The standard InChI is InChI=1S/C9H16N4O/c1-3-5-7-14-8-13-11-9(6-4-2)10-12-13/h4,6H,3,5,7-8H2,1-2H3/b6-4-. The van der Waals surface area contributed by atoms with E-state index in [1.807, 2.05) is 13.0 Å². The van der Waals surface area contributed by atoms with Crippen molar-refractivity contribution in [3.05, 3.63) is 11.9 Å². The quantitative estimate of drug-likeness (QED) is 0.647. The minimum Gasteiger partial charge on any atom is -0.357 e. The zero-order chi connectivity index (χ0) is 10.2. The molecule has 0 saturated carbocycles. The smallest absolute Gasteiger partial charge is 0.197 e. The van der Waals surface area contributed by atoms with E-state index >= 15 is 0 Å². The Morgan fingerprint density at radius 2 is 2.36 bits per heavy atom. The van der Waals surface area contributed by atoms with Crippen LogP contribution in [0.3, 0.4) is 0 Å². The Balaban J connectivity index is 2.29. The van der Waals surface area contributed by atoms with Crippen molar-refractivity contribution in [2.24, 2.45) is 0 Å². The molecule has 0 fully saturated rings. The first-order valence-electron chi connectivity index (χ1n) is 4.85. The fourth-order valence-electron chi connectivity index (χ4n) is 0.919. The summed E-state index contributed by atoms with van der Waals surface area (Å²) in [6, 6.07) is 0. The zero-order valence-electron chi connectivity index (χ0n) is 8.68. The molecule has 0 unspecified atom stereocenters. The van der Waals surface area contributed by atoms with Crippen molar-refractivity contribution < 1.29 is 4.74 Å². The monoisotopic (exact) mass is 196 g/mol.